The SMILES string of the molecule is CCN1CCN(Cc2ncc(CCC(=O)O)s2)CC1. The van der Waals surface area contributed by atoms with E-state index in [4.69, 9.17) is 5.11 Å². The molecule has 2 heterocycles. The number of likely N-dealkylation sites (N-methyl/N-ethyl adjacent to an activating group) is 1. The molecule has 6 heteroatoms. The van der Waals surface area contributed by atoms with Gasteiger partial charge in [-0.3, -0.25) is 9.69 Å². The highest BCUT2D eigenvalue weighted by Crippen LogP contribution is 2.17. The third-order valence-corrected chi connectivity index (χ3v) is 4.50. The van der Waals surface area contributed by atoms with Crippen LogP contribution in [0.4, 0.5) is 0 Å². The number of carboxylic acids is 1. The third kappa shape index (κ3) is 4.56. The Balaban J connectivity index is 1.78. The van der Waals surface area contributed by atoms with E-state index in [2.05, 4.69) is 21.7 Å². The van der Waals surface area contributed by atoms with Crippen molar-refractivity contribution in [1.82, 2.24) is 14.8 Å². The Bertz CT molecular complexity index is 414. The molecule has 0 spiro atoms. The maximum atomic E-state index is 10.5. The van der Waals surface area contributed by atoms with Gasteiger partial charge in [0.25, 0.3) is 0 Å². The van der Waals surface area contributed by atoms with E-state index in [1.807, 2.05) is 6.20 Å². The van der Waals surface area contributed by atoms with Gasteiger partial charge in [0.2, 0.25) is 0 Å². The minimum Gasteiger partial charge on any atom is -0.481 e. The summed E-state index contributed by atoms with van der Waals surface area (Å²) in [5.41, 5.74) is 0. The molecule has 1 aliphatic heterocycles. The Kier molecular flexibility index (Phi) is 5.30. The second-order valence-corrected chi connectivity index (χ2v) is 6.02. The van der Waals surface area contributed by atoms with Crippen LogP contribution in [0.25, 0.3) is 0 Å². The standard InChI is InChI=1S/C13H21N3O2S/c1-2-15-5-7-16(8-6-15)10-12-14-9-11(19-12)3-4-13(17)18/h9H,2-8,10H2,1H3,(H,17,18). The topological polar surface area (TPSA) is 56.7 Å². The first kappa shape index (κ1) is 14.4. The van der Waals surface area contributed by atoms with Crippen LogP contribution in [0.5, 0.6) is 0 Å². The number of hydrogen-bond donors (Lipinski definition) is 1. The fraction of sp³-hybridized carbons (Fsp3) is 0.692. The van der Waals surface area contributed by atoms with Gasteiger partial charge in [-0.25, -0.2) is 4.98 Å². The summed E-state index contributed by atoms with van der Waals surface area (Å²) in [6.45, 7) is 8.68. The molecule has 0 aromatic carbocycles. The van der Waals surface area contributed by atoms with Crippen molar-refractivity contribution in [2.45, 2.75) is 26.3 Å². The van der Waals surface area contributed by atoms with Gasteiger partial charge in [-0.05, 0) is 13.0 Å². The number of piperazine rings is 1. The predicted molar refractivity (Wildman–Crippen MR) is 75.5 cm³/mol. The Morgan fingerprint density at radius 2 is 2.05 bits per heavy atom. The van der Waals surface area contributed by atoms with E-state index in [0.29, 0.717) is 6.42 Å². The van der Waals surface area contributed by atoms with Gasteiger partial charge in [-0.15, -0.1) is 11.3 Å². The summed E-state index contributed by atoms with van der Waals surface area (Å²) in [6.07, 6.45) is 2.61. The van der Waals surface area contributed by atoms with Gasteiger partial charge >= 0.3 is 5.97 Å². The first-order chi connectivity index (χ1) is 9.17. The zero-order valence-corrected chi connectivity index (χ0v) is 12.2. The number of carbonyl (C=O) groups is 1. The van der Waals surface area contributed by atoms with Crippen molar-refractivity contribution in [2.75, 3.05) is 32.7 Å². The fourth-order valence-corrected chi connectivity index (χ4v) is 3.19. The number of hydrogen-bond acceptors (Lipinski definition) is 5. The minimum atomic E-state index is -0.745. The Morgan fingerprint density at radius 3 is 2.68 bits per heavy atom. The third-order valence-electron chi connectivity index (χ3n) is 3.46. The van der Waals surface area contributed by atoms with E-state index >= 15 is 0 Å². The molecule has 106 valence electrons. The summed E-state index contributed by atoms with van der Waals surface area (Å²) in [4.78, 5) is 20.9. The number of carboxylic acid groups (broad SMARTS) is 1. The summed E-state index contributed by atoms with van der Waals surface area (Å²) in [5.74, 6) is -0.745. The van der Waals surface area contributed by atoms with Crippen molar-refractivity contribution >= 4 is 17.3 Å². The zero-order chi connectivity index (χ0) is 13.7. The lowest BCUT2D eigenvalue weighted by Gasteiger charge is -2.33. The van der Waals surface area contributed by atoms with Crippen LogP contribution in [0, 0.1) is 0 Å². The number of rotatable bonds is 6. The largest absolute Gasteiger partial charge is 0.481 e. The molecule has 1 fully saturated rings. The molecule has 1 aromatic rings. The van der Waals surface area contributed by atoms with Crippen LogP contribution in [-0.4, -0.2) is 58.6 Å². The molecule has 1 aliphatic rings. The number of thiazole rings is 1. The summed E-state index contributed by atoms with van der Waals surface area (Å²) < 4.78 is 0. The van der Waals surface area contributed by atoms with E-state index in [1.165, 1.54) is 0 Å². The number of aryl methyl sites for hydroxylation is 1. The molecular formula is C13H21N3O2S. The molecule has 1 aromatic heterocycles. The summed E-state index contributed by atoms with van der Waals surface area (Å²) in [6, 6.07) is 0. The zero-order valence-electron chi connectivity index (χ0n) is 11.3. The molecule has 5 nitrogen and oxygen atoms in total. The smallest absolute Gasteiger partial charge is 0.303 e. The van der Waals surface area contributed by atoms with Gasteiger partial charge in [-0.2, -0.15) is 0 Å². The van der Waals surface area contributed by atoms with Crippen molar-refractivity contribution in [3.05, 3.63) is 16.1 Å². The highest BCUT2D eigenvalue weighted by atomic mass is 32.1. The second kappa shape index (κ2) is 6.98. The van der Waals surface area contributed by atoms with Crippen molar-refractivity contribution in [2.24, 2.45) is 0 Å². The summed E-state index contributed by atoms with van der Waals surface area (Å²) in [7, 11) is 0. The van der Waals surface area contributed by atoms with Gasteiger partial charge in [0.1, 0.15) is 5.01 Å². The van der Waals surface area contributed by atoms with Gasteiger partial charge < -0.3 is 10.0 Å². The van der Waals surface area contributed by atoms with E-state index < -0.39 is 5.97 Å². The van der Waals surface area contributed by atoms with Crippen molar-refractivity contribution in [3.63, 3.8) is 0 Å². The molecule has 1 saturated heterocycles. The lowest BCUT2D eigenvalue weighted by Crippen LogP contribution is -2.45. The van der Waals surface area contributed by atoms with E-state index in [1.54, 1.807) is 11.3 Å². The van der Waals surface area contributed by atoms with E-state index in [-0.39, 0.29) is 6.42 Å². The summed E-state index contributed by atoms with van der Waals surface area (Å²) >= 11 is 1.65. The maximum Gasteiger partial charge on any atom is 0.303 e. The number of aromatic nitrogens is 1. The fourth-order valence-electron chi connectivity index (χ4n) is 2.22. The quantitative estimate of drug-likeness (QED) is 0.853. The minimum absolute atomic E-state index is 0.191. The van der Waals surface area contributed by atoms with Gasteiger partial charge in [0.15, 0.2) is 0 Å². The molecular weight excluding hydrogens is 262 g/mol. The average molecular weight is 283 g/mol. The van der Waals surface area contributed by atoms with E-state index in [0.717, 1.165) is 49.2 Å². The highest BCUT2D eigenvalue weighted by molar-refractivity contribution is 7.11. The molecule has 0 amide bonds. The molecule has 1 N–H and O–H groups in total. The molecule has 0 aliphatic carbocycles. The van der Waals surface area contributed by atoms with Crippen LogP contribution in [0.3, 0.4) is 0 Å². The van der Waals surface area contributed by atoms with Crippen molar-refractivity contribution < 1.29 is 9.90 Å². The Morgan fingerprint density at radius 1 is 1.37 bits per heavy atom. The summed E-state index contributed by atoms with van der Waals surface area (Å²) in [5, 5.41) is 9.76. The monoisotopic (exact) mass is 283 g/mol. The van der Waals surface area contributed by atoms with Gasteiger partial charge in [0, 0.05) is 37.3 Å². The number of nitrogens with zero attached hydrogens (tertiary/aromatic N) is 3. The first-order valence-corrected chi connectivity index (χ1v) is 7.59. The van der Waals surface area contributed by atoms with Crippen molar-refractivity contribution in [1.29, 1.82) is 0 Å². The van der Waals surface area contributed by atoms with Crippen LogP contribution >= 0.6 is 11.3 Å². The van der Waals surface area contributed by atoms with Crippen LogP contribution < -0.4 is 0 Å². The van der Waals surface area contributed by atoms with Crippen LogP contribution in [-0.2, 0) is 17.8 Å². The lowest BCUT2D eigenvalue weighted by molar-refractivity contribution is -0.136. The molecule has 0 atom stereocenters. The maximum absolute atomic E-state index is 10.5. The van der Waals surface area contributed by atoms with Gasteiger partial charge in [-0.1, -0.05) is 6.92 Å². The molecule has 0 bridgehead atoms. The number of aliphatic carboxylic acids is 1. The normalized spacial score (nSPS) is 17.7. The highest BCUT2D eigenvalue weighted by Gasteiger charge is 2.16. The van der Waals surface area contributed by atoms with Crippen LogP contribution in [0.2, 0.25) is 0 Å². The molecule has 2 rings (SSSR count). The molecule has 0 unspecified atom stereocenters. The Labute approximate surface area is 117 Å². The van der Waals surface area contributed by atoms with Crippen LogP contribution in [0.15, 0.2) is 6.20 Å². The van der Waals surface area contributed by atoms with Crippen molar-refractivity contribution in [3.8, 4) is 0 Å². The molecule has 0 saturated carbocycles. The molecule has 19 heavy (non-hydrogen) atoms. The van der Waals surface area contributed by atoms with Crippen LogP contribution in [0.1, 0.15) is 23.2 Å². The Hall–Kier alpha value is -0.980. The molecule has 0 radical (unpaired) electrons. The van der Waals surface area contributed by atoms with E-state index in [9.17, 15) is 4.79 Å². The lowest BCUT2D eigenvalue weighted by atomic mass is 10.3. The first-order valence-electron chi connectivity index (χ1n) is 6.77. The second-order valence-electron chi connectivity index (χ2n) is 4.82. The van der Waals surface area contributed by atoms with Gasteiger partial charge in [0.05, 0.1) is 13.0 Å². The predicted octanol–water partition coefficient (Wildman–Crippen LogP) is 1.30. The average Bonchev–Trinajstić information content (AvgIpc) is 2.85.